The zero-order chi connectivity index (χ0) is 13.0. The van der Waals surface area contributed by atoms with Crippen molar-refractivity contribution in [2.75, 3.05) is 0 Å². The molecule has 0 spiro atoms. The van der Waals surface area contributed by atoms with E-state index in [0.29, 0.717) is 18.8 Å². The average molecular weight is 247 g/mol. The molecule has 2 heterocycles. The highest BCUT2D eigenvalue weighted by Gasteiger charge is 2.09. The van der Waals surface area contributed by atoms with E-state index < -0.39 is 0 Å². The lowest BCUT2D eigenvalue weighted by Gasteiger charge is -2.08. The number of carbonyl (C=O) groups is 1. The lowest BCUT2D eigenvalue weighted by Crippen LogP contribution is -2.31. The molecule has 0 bridgehead atoms. The van der Waals surface area contributed by atoms with Crippen LogP contribution in [0, 0.1) is 0 Å². The number of aromatic nitrogens is 3. The van der Waals surface area contributed by atoms with E-state index in [2.05, 4.69) is 15.5 Å². The van der Waals surface area contributed by atoms with Crippen LogP contribution in [0.2, 0.25) is 0 Å². The Morgan fingerprint density at radius 1 is 1.50 bits per heavy atom. The Morgan fingerprint density at radius 2 is 2.33 bits per heavy atom. The average Bonchev–Trinajstić information content (AvgIpc) is 2.79. The van der Waals surface area contributed by atoms with Crippen LogP contribution in [0.25, 0.3) is 5.65 Å². The molecule has 18 heavy (non-hydrogen) atoms. The van der Waals surface area contributed by atoms with E-state index >= 15 is 0 Å². The van der Waals surface area contributed by atoms with Crippen molar-refractivity contribution in [3.63, 3.8) is 0 Å². The van der Waals surface area contributed by atoms with Gasteiger partial charge in [-0.2, -0.15) is 0 Å². The third-order valence-electron chi connectivity index (χ3n) is 2.80. The number of nitrogens with two attached hydrogens (primary N) is 1. The summed E-state index contributed by atoms with van der Waals surface area (Å²) >= 11 is 0. The number of carbonyl (C=O) groups excluding carboxylic acids is 1. The second kappa shape index (κ2) is 5.59. The minimum absolute atomic E-state index is 0.0583. The first kappa shape index (κ1) is 12.5. The van der Waals surface area contributed by atoms with Crippen molar-refractivity contribution in [2.24, 2.45) is 5.73 Å². The Kier molecular flexibility index (Phi) is 3.88. The van der Waals surface area contributed by atoms with Crippen LogP contribution in [-0.2, 0) is 11.3 Å². The van der Waals surface area contributed by atoms with Crippen LogP contribution in [-0.4, -0.2) is 26.5 Å². The van der Waals surface area contributed by atoms with Crippen molar-refractivity contribution >= 4 is 11.6 Å². The molecular weight excluding hydrogens is 230 g/mol. The molecule has 1 unspecified atom stereocenters. The normalized spacial score (nSPS) is 12.6. The molecule has 0 aliphatic rings. The number of fused-ring (bicyclic) bond motifs is 1. The molecule has 0 fully saturated rings. The molecule has 0 saturated heterocycles. The van der Waals surface area contributed by atoms with Crippen LogP contribution in [0.5, 0.6) is 0 Å². The van der Waals surface area contributed by atoms with Crippen LogP contribution in [0.3, 0.4) is 0 Å². The largest absolute Gasteiger partial charge is 0.349 e. The van der Waals surface area contributed by atoms with Gasteiger partial charge in [0.2, 0.25) is 5.91 Å². The van der Waals surface area contributed by atoms with Gasteiger partial charge in [0.25, 0.3) is 0 Å². The van der Waals surface area contributed by atoms with Crippen LogP contribution in [0.1, 0.15) is 25.6 Å². The molecule has 2 aromatic rings. The van der Waals surface area contributed by atoms with E-state index in [1.54, 1.807) is 0 Å². The van der Waals surface area contributed by atoms with Gasteiger partial charge in [-0.15, -0.1) is 10.2 Å². The topological polar surface area (TPSA) is 85.3 Å². The number of nitrogens with zero attached hydrogens (tertiary/aromatic N) is 3. The maximum absolute atomic E-state index is 11.6. The van der Waals surface area contributed by atoms with Gasteiger partial charge in [0, 0.05) is 18.7 Å². The molecule has 2 rings (SSSR count). The monoisotopic (exact) mass is 247 g/mol. The standard InChI is InChI=1S/C12H17N5O/c1-2-9(13)7-12(18)14-8-11-16-15-10-5-3-4-6-17(10)11/h3-6,9H,2,7-8,13H2,1H3,(H,14,18). The fourth-order valence-corrected chi connectivity index (χ4v) is 1.64. The van der Waals surface area contributed by atoms with Gasteiger partial charge in [0.1, 0.15) is 0 Å². The summed E-state index contributed by atoms with van der Waals surface area (Å²) in [4.78, 5) is 11.6. The second-order valence-corrected chi connectivity index (χ2v) is 4.19. The molecule has 0 aliphatic carbocycles. The molecular formula is C12H17N5O. The molecule has 0 saturated carbocycles. The van der Waals surface area contributed by atoms with Gasteiger partial charge >= 0.3 is 0 Å². The summed E-state index contributed by atoms with van der Waals surface area (Å²) in [7, 11) is 0. The van der Waals surface area contributed by atoms with E-state index in [1.165, 1.54) is 0 Å². The maximum Gasteiger partial charge on any atom is 0.221 e. The van der Waals surface area contributed by atoms with E-state index in [9.17, 15) is 4.79 Å². The first-order valence-corrected chi connectivity index (χ1v) is 6.01. The molecule has 6 nitrogen and oxygen atoms in total. The fraction of sp³-hybridized carbons (Fsp3) is 0.417. The maximum atomic E-state index is 11.6. The van der Waals surface area contributed by atoms with Gasteiger partial charge < -0.3 is 11.1 Å². The molecule has 96 valence electrons. The highest BCUT2D eigenvalue weighted by atomic mass is 16.1. The molecule has 0 aromatic carbocycles. The summed E-state index contributed by atoms with van der Waals surface area (Å²) < 4.78 is 1.85. The summed E-state index contributed by atoms with van der Waals surface area (Å²) in [6, 6.07) is 5.58. The molecule has 6 heteroatoms. The highest BCUT2D eigenvalue weighted by Crippen LogP contribution is 2.02. The quantitative estimate of drug-likeness (QED) is 0.804. The van der Waals surface area contributed by atoms with Crippen molar-refractivity contribution in [1.82, 2.24) is 19.9 Å². The van der Waals surface area contributed by atoms with E-state index in [1.807, 2.05) is 35.7 Å². The van der Waals surface area contributed by atoms with Gasteiger partial charge in [0.15, 0.2) is 11.5 Å². The number of amides is 1. The van der Waals surface area contributed by atoms with Crippen LogP contribution >= 0.6 is 0 Å². The van der Waals surface area contributed by atoms with Crippen LogP contribution < -0.4 is 11.1 Å². The minimum Gasteiger partial charge on any atom is -0.349 e. The summed E-state index contributed by atoms with van der Waals surface area (Å²) in [5.41, 5.74) is 6.49. The van der Waals surface area contributed by atoms with E-state index in [0.717, 1.165) is 12.1 Å². The summed E-state index contributed by atoms with van der Waals surface area (Å²) in [5.74, 6) is 0.654. The van der Waals surface area contributed by atoms with Gasteiger partial charge in [0.05, 0.1) is 6.54 Å². The molecule has 0 aliphatic heterocycles. The predicted molar refractivity (Wildman–Crippen MR) is 67.7 cm³/mol. The minimum atomic E-state index is -0.0832. The molecule has 0 radical (unpaired) electrons. The summed E-state index contributed by atoms with van der Waals surface area (Å²) in [6.45, 7) is 2.32. The number of rotatable bonds is 5. The van der Waals surface area contributed by atoms with Crippen molar-refractivity contribution in [2.45, 2.75) is 32.4 Å². The third kappa shape index (κ3) is 2.84. The molecule has 1 atom stereocenters. The lowest BCUT2D eigenvalue weighted by atomic mass is 10.1. The Bertz CT molecular complexity index is 536. The zero-order valence-corrected chi connectivity index (χ0v) is 10.3. The Morgan fingerprint density at radius 3 is 3.11 bits per heavy atom. The lowest BCUT2D eigenvalue weighted by molar-refractivity contribution is -0.121. The molecule has 3 N–H and O–H groups in total. The van der Waals surface area contributed by atoms with Crippen molar-refractivity contribution in [3.05, 3.63) is 30.2 Å². The summed E-state index contributed by atoms with van der Waals surface area (Å²) in [5, 5.41) is 10.8. The first-order valence-electron chi connectivity index (χ1n) is 6.01. The fourth-order valence-electron chi connectivity index (χ4n) is 1.64. The van der Waals surface area contributed by atoms with E-state index in [4.69, 9.17) is 5.73 Å². The predicted octanol–water partition coefficient (Wildman–Crippen LogP) is 0.473. The number of hydrogen-bond donors (Lipinski definition) is 2. The number of pyridine rings is 1. The Hall–Kier alpha value is -1.95. The Balaban J connectivity index is 1.96. The van der Waals surface area contributed by atoms with Gasteiger partial charge in [-0.05, 0) is 18.6 Å². The molecule has 1 amide bonds. The van der Waals surface area contributed by atoms with Gasteiger partial charge in [-0.3, -0.25) is 9.20 Å². The zero-order valence-electron chi connectivity index (χ0n) is 10.3. The molecule has 2 aromatic heterocycles. The van der Waals surface area contributed by atoms with Crippen LogP contribution in [0.15, 0.2) is 24.4 Å². The highest BCUT2D eigenvalue weighted by molar-refractivity contribution is 5.76. The smallest absolute Gasteiger partial charge is 0.221 e. The van der Waals surface area contributed by atoms with Gasteiger partial charge in [-0.25, -0.2) is 0 Å². The van der Waals surface area contributed by atoms with Crippen molar-refractivity contribution in [1.29, 1.82) is 0 Å². The number of hydrogen-bond acceptors (Lipinski definition) is 4. The Labute approximate surface area is 105 Å². The summed E-state index contributed by atoms with van der Waals surface area (Å²) in [6.07, 6.45) is 3.00. The van der Waals surface area contributed by atoms with Crippen LogP contribution in [0.4, 0.5) is 0 Å². The SMILES string of the molecule is CCC(N)CC(=O)NCc1nnc2ccccn12. The van der Waals surface area contributed by atoms with Gasteiger partial charge in [-0.1, -0.05) is 13.0 Å². The third-order valence-corrected chi connectivity index (χ3v) is 2.80. The number of nitrogens with one attached hydrogen (secondary N) is 1. The van der Waals surface area contributed by atoms with E-state index in [-0.39, 0.29) is 11.9 Å². The van der Waals surface area contributed by atoms with Crippen molar-refractivity contribution < 1.29 is 4.79 Å². The second-order valence-electron chi connectivity index (χ2n) is 4.19. The first-order chi connectivity index (χ1) is 8.70. The van der Waals surface area contributed by atoms with Crippen molar-refractivity contribution in [3.8, 4) is 0 Å².